The molecule has 2 aromatic heterocycles. The summed E-state index contributed by atoms with van der Waals surface area (Å²) in [5.41, 5.74) is 1.88. The monoisotopic (exact) mass is 429 g/mol. The maximum atomic E-state index is 12.0. The molecule has 3 rings (SSSR count). The maximum absolute atomic E-state index is 12.0. The van der Waals surface area contributed by atoms with E-state index in [0.29, 0.717) is 12.2 Å². The molecule has 0 bridgehead atoms. The van der Waals surface area contributed by atoms with E-state index >= 15 is 0 Å². The van der Waals surface area contributed by atoms with E-state index in [0.717, 1.165) is 33.0 Å². The standard InChI is InChI=1S/C22H27N3O4S/c1-6-13-10-15-14(8-7-9-23-15)16-17(19(20(26)27)30-18(13)16)24-11-12(2)25-21(28)29-22(3,4)5/h7-10,12,24H,6,11H2,1-5H3,(H,25,28)(H,26,27)/t12-/m1/s1. The van der Waals surface area contributed by atoms with Gasteiger partial charge in [-0.05, 0) is 51.8 Å². The Morgan fingerprint density at radius 1 is 1.33 bits per heavy atom. The number of thiophene rings is 1. The number of pyridine rings is 1. The number of alkyl carbamates (subject to hydrolysis) is 1. The van der Waals surface area contributed by atoms with Crippen molar-refractivity contribution in [2.24, 2.45) is 0 Å². The summed E-state index contributed by atoms with van der Waals surface area (Å²) in [5.74, 6) is -0.981. The average molecular weight is 430 g/mol. The lowest BCUT2D eigenvalue weighted by molar-refractivity contribution is 0.0510. The number of hydrogen-bond donors (Lipinski definition) is 3. The summed E-state index contributed by atoms with van der Waals surface area (Å²) >= 11 is 1.27. The molecule has 0 saturated heterocycles. The molecule has 0 fully saturated rings. The van der Waals surface area contributed by atoms with Crippen molar-refractivity contribution in [1.29, 1.82) is 0 Å². The van der Waals surface area contributed by atoms with Gasteiger partial charge in [-0.15, -0.1) is 11.3 Å². The molecule has 0 spiro atoms. The first-order chi connectivity index (χ1) is 14.1. The molecule has 3 aromatic rings. The number of aryl methyl sites for hydroxylation is 1. The number of carboxylic acid groups (broad SMARTS) is 1. The highest BCUT2D eigenvalue weighted by Gasteiger charge is 2.23. The molecule has 2 heterocycles. The summed E-state index contributed by atoms with van der Waals surface area (Å²) in [6.07, 6.45) is 2.00. The molecule has 0 unspecified atom stereocenters. The number of amides is 1. The Bertz CT molecular complexity index is 1100. The maximum Gasteiger partial charge on any atom is 0.407 e. The fourth-order valence-electron chi connectivity index (χ4n) is 3.29. The summed E-state index contributed by atoms with van der Waals surface area (Å²) in [6.45, 7) is 9.64. The second-order valence-corrected chi connectivity index (χ2v) is 9.22. The van der Waals surface area contributed by atoms with E-state index in [-0.39, 0.29) is 10.9 Å². The highest BCUT2D eigenvalue weighted by atomic mass is 32.1. The smallest absolute Gasteiger partial charge is 0.407 e. The van der Waals surface area contributed by atoms with Gasteiger partial charge in [0.25, 0.3) is 0 Å². The zero-order chi connectivity index (χ0) is 22.1. The van der Waals surface area contributed by atoms with E-state index in [1.165, 1.54) is 11.3 Å². The average Bonchev–Trinajstić information content (AvgIpc) is 3.04. The molecule has 0 saturated carbocycles. The van der Waals surface area contributed by atoms with Crippen molar-refractivity contribution in [2.75, 3.05) is 11.9 Å². The van der Waals surface area contributed by atoms with Crippen LogP contribution in [0.4, 0.5) is 10.5 Å². The quantitative estimate of drug-likeness (QED) is 0.508. The fraction of sp³-hybridized carbons (Fsp3) is 0.409. The summed E-state index contributed by atoms with van der Waals surface area (Å²) in [7, 11) is 0. The van der Waals surface area contributed by atoms with Crippen LogP contribution < -0.4 is 10.6 Å². The number of carbonyl (C=O) groups is 2. The third-order valence-corrected chi connectivity index (χ3v) is 5.80. The molecule has 0 aliphatic rings. The van der Waals surface area contributed by atoms with Crippen LogP contribution in [0, 0.1) is 0 Å². The molecule has 0 radical (unpaired) electrons. The molecular formula is C22H27N3O4S. The Labute approximate surface area is 179 Å². The number of fused-ring (bicyclic) bond motifs is 3. The van der Waals surface area contributed by atoms with Crippen LogP contribution >= 0.6 is 11.3 Å². The van der Waals surface area contributed by atoms with Gasteiger partial charge in [-0.1, -0.05) is 13.0 Å². The predicted molar refractivity (Wildman–Crippen MR) is 121 cm³/mol. The molecule has 0 aliphatic carbocycles. The number of carbonyl (C=O) groups excluding carboxylic acids is 1. The fourth-order valence-corrected chi connectivity index (χ4v) is 4.50. The van der Waals surface area contributed by atoms with Gasteiger partial charge in [0.2, 0.25) is 0 Å². The van der Waals surface area contributed by atoms with Crippen molar-refractivity contribution in [3.05, 3.63) is 34.8 Å². The minimum atomic E-state index is -0.981. The number of nitrogens with one attached hydrogen (secondary N) is 2. The number of rotatable bonds is 6. The van der Waals surface area contributed by atoms with Crippen molar-refractivity contribution in [2.45, 2.75) is 52.7 Å². The largest absolute Gasteiger partial charge is 0.477 e. The number of carboxylic acids is 1. The van der Waals surface area contributed by atoms with E-state index in [4.69, 9.17) is 4.74 Å². The second-order valence-electron chi connectivity index (χ2n) is 8.20. The van der Waals surface area contributed by atoms with Crippen LogP contribution in [0.1, 0.15) is 49.9 Å². The van der Waals surface area contributed by atoms with Crippen molar-refractivity contribution < 1.29 is 19.4 Å². The van der Waals surface area contributed by atoms with Gasteiger partial charge in [-0.25, -0.2) is 9.59 Å². The third-order valence-electron chi connectivity index (χ3n) is 4.54. The van der Waals surface area contributed by atoms with Crippen LogP contribution in [-0.2, 0) is 11.2 Å². The number of ether oxygens (including phenoxy) is 1. The normalized spacial score (nSPS) is 12.7. The van der Waals surface area contributed by atoms with Gasteiger partial charge in [-0.2, -0.15) is 0 Å². The van der Waals surface area contributed by atoms with Crippen LogP contribution in [0.25, 0.3) is 21.0 Å². The highest BCUT2D eigenvalue weighted by Crippen LogP contribution is 2.42. The molecule has 30 heavy (non-hydrogen) atoms. The minimum absolute atomic E-state index is 0.250. The molecule has 7 nitrogen and oxygen atoms in total. The number of anilines is 1. The van der Waals surface area contributed by atoms with Crippen LogP contribution in [0.5, 0.6) is 0 Å². The lowest BCUT2D eigenvalue weighted by Crippen LogP contribution is -2.40. The molecule has 1 aromatic carbocycles. The van der Waals surface area contributed by atoms with E-state index in [9.17, 15) is 14.7 Å². The Hall–Kier alpha value is -2.87. The first-order valence-corrected chi connectivity index (χ1v) is 10.7. The Morgan fingerprint density at radius 2 is 2.07 bits per heavy atom. The van der Waals surface area contributed by atoms with Gasteiger partial charge in [0.15, 0.2) is 0 Å². The zero-order valence-electron chi connectivity index (χ0n) is 17.8. The Morgan fingerprint density at radius 3 is 2.70 bits per heavy atom. The lowest BCUT2D eigenvalue weighted by atomic mass is 10.0. The molecule has 1 atom stereocenters. The van der Waals surface area contributed by atoms with Crippen molar-refractivity contribution in [3.8, 4) is 0 Å². The lowest BCUT2D eigenvalue weighted by Gasteiger charge is -2.22. The highest BCUT2D eigenvalue weighted by molar-refractivity contribution is 7.22. The molecule has 8 heteroatoms. The van der Waals surface area contributed by atoms with Crippen molar-refractivity contribution in [3.63, 3.8) is 0 Å². The Balaban J connectivity index is 1.96. The van der Waals surface area contributed by atoms with E-state index < -0.39 is 17.7 Å². The second kappa shape index (κ2) is 8.47. The molecule has 1 amide bonds. The summed E-state index contributed by atoms with van der Waals surface area (Å²) in [4.78, 5) is 28.7. The third kappa shape index (κ3) is 4.64. The van der Waals surface area contributed by atoms with Gasteiger partial charge in [0, 0.05) is 34.3 Å². The van der Waals surface area contributed by atoms with Crippen LogP contribution in [0.2, 0.25) is 0 Å². The minimum Gasteiger partial charge on any atom is -0.477 e. The zero-order valence-corrected chi connectivity index (χ0v) is 18.6. The molecule has 3 N–H and O–H groups in total. The van der Waals surface area contributed by atoms with Crippen LogP contribution in [0.3, 0.4) is 0 Å². The SMILES string of the molecule is CCc1cc2ncccc2c2c(NC[C@@H](C)NC(=O)OC(C)(C)C)c(C(=O)O)sc12. The van der Waals surface area contributed by atoms with Crippen LogP contribution in [-0.4, -0.2) is 40.3 Å². The van der Waals surface area contributed by atoms with Gasteiger partial charge >= 0.3 is 12.1 Å². The number of aromatic nitrogens is 1. The van der Waals surface area contributed by atoms with E-state index in [1.807, 2.05) is 32.0 Å². The first-order valence-electron chi connectivity index (χ1n) is 9.90. The van der Waals surface area contributed by atoms with E-state index in [1.54, 1.807) is 27.0 Å². The molecule has 160 valence electrons. The number of aromatic carboxylic acids is 1. The first kappa shape index (κ1) is 21.8. The number of nitrogens with zero attached hydrogens (tertiary/aromatic N) is 1. The van der Waals surface area contributed by atoms with Gasteiger partial charge in [-0.3, -0.25) is 4.98 Å². The molecule has 0 aliphatic heterocycles. The predicted octanol–water partition coefficient (Wildman–Crippen LogP) is 5.04. The van der Waals surface area contributed by atoms with Crippen molar-refractivity contribution in [1.82, 2.24) is 10.3 Å². The van der Waals surface area contributed by atoms with Gasteiger partial charge < -0.3 is 20.5 Å². The van der Waals surface area contributed by atoms with Crippen molar-refractivity contribution >= 4 is 50.1 Å². The summed E-state index contributed by atoms with van der Waals surface area (Å²) < 4.78 is 6.24. The summed E-state index contributed by atoms with van der Waals surface area (Å²) in [5, 5.41) is 17.6. The Kier molecular flexibility index (Phi) is 6.17. The van der Waals surface area contributed by atoms with Gasteiger partial charge in [0.05, 0.1) is 11.2 Å². The number of benzene rings is 1. The van der Waals surface area contributed by atoms with Crippen LogP contribution in [0.15, 0.2) is 24.4 Å². The van der Waals surface area contributed by atoms with E-state index in [2.05, 4.69) is 15.6 Å². The van der Waals surface area contributed by atoms with Gasteiger partial charge in [0.1, 0.15) is 10.5 Å². The number of hydrogen-bond acceptors (Lipinski definition) is 6. The topological polar surface area (TPSA) is 101 Å². The summed E-state index contributed by atoms with van der Waals surface area (Å²) in [6, 6.07) is 5.56. The molecular weight excluding hydrogens is 402 g/mol.